The van der Waals surface area contributed by atoms with Crippen molar-refractivity contribution >= 4 is 11.4 Å². The average molecular weight is 275 g/mol. The van der Waals surface area contributed by atoms with Gasteiger partial charge in [0.25, 0.3) is 5.69 Å². The molecule has 106 valence electrons. The minimum Gasteiger partial charge on any atom is -0.508 e. The number of nitro groups is 1. The molecule has 2 rings (SSSR count). The van der Waals surface area contributed by atoms with Gasteiger partial charge in [-0.2, -0.15) is 0 Å². The van der Waals surface area contributed by atoms with E-state index in [1.807, 2.05) is 31.1 Å². The summed E-state index contributed by atoms with van der Waals surface area (Å²) in [6.07, 6.45) is 3.57. The van der Waals surface area contributed by atoms with Crippen molar-refractivity contribution in [2.24, 2.45) is 0 Å². The minimum atomic E-state index is -0.477. The van der Waals surface area contributed by atoms with Gasteiger partial charge in [0.15, 0.2) is 0 Å². The Morgan fingerprint density at radius 1 is 1.20 bits per heavy atom. The van der Waals surface area contributed by atoms with Gasteiger partial charge in [-0.25, -0.2) is 0 Å². The summed E-state index contributed by atoms with van der Waals surface area (Å²) in [6.45, 7) is 1.58. The number of anilines is 1. The van der Waals surface area contributed by atoms with Gasteiger partial charge in [-0.15, -0.1) is 0 Å². The molecule has 1 aromatic carbocycles. The highest BCUT2D eigenvalue weighted by Crippen LogP contribution is 2.21. The predicted octanol–water partition coefficient (Wildman–Crippen LogP) is 2.76. The Balaban J connectivity index is 0.000000204. The van der Waals surface area contributed by atoms with Gasteiger partial charge < -0.3 is 10.0 Å². The van der Waals surface area contributed by atoms with Crippen LogP contribution in [0, 0.1) is 17.0 Å². The Morgan fingerprint density at radius 2 is 1.80 bits per heavy atom. The molecule has 0 amide bonds. The number of pyridine rings is 1. The zero-order valence-corrected chi connectivity index (χ0v) is 11.6. The maximum absolute atomic E-state index is 10.3. The molecule has 0 aliphatic carbocycles. The highest BCUT2D eigenvalue weighted by atomic mass is 16.6. The molecule has 0 unspecified atom stereocenters. The molecule has 1 aromatic heterocycles. The number of hydrogen-bond donors (Lipinski definition) is 1. The fraction of sp³-hybridized carbons (Fsp3) is 0.214. The molecule has 0 aliphatic heterocycles. The largest absolute Gasteiger partial charge is 0.508 e. The lowest BCUT2D eigenvalue weighted by molar-refractivity contribution is -0.385. The van der Waals surface area contributed by atoms with E-state index in [0.717, 1.165) is 0 Å². The highest BCUT2D eigenvalue weighted by Gasteiger charge is 2.08. The molecule has 0 aliphatic rings. The van der Waals surface area contributed by atoms with Crippen LogP contribution in [0.2, 0.25) is 0 Å². The quantitative estimate of drug-likeness (QED) is 0.673. The van der Waals surface area contributed by atoms with E-state index in [4.69, 9.17) is 5.11 Å². The fourth-order valence-corrected chi connectivity index (χ4v) is 1.49. The summed E-state index contributed by atoms with van der Waals surface area (Å²) in [5, 5.41) is 19.2. The van der Waals surface area contributed by atoms with Crippen LogP contribution in [0.25, 0.3) is 0 Å². The summed E-state index contributed by atoms with van der Waals surface area (Å²) < 4.78 is 0. The van der Waals surface area contributed by atoms with Crippen molar-refractivity contribution in [2.45, 2.75) is 6.92 Å². The summed E-state index contributed by atoms with van der Waals surface area (Å²) >= 11 is 0. The Labute approximate surface area is 117 Å². The second kappa shape index (κ2) is 7.08. The van der Waals surface area contributed by atoms with Gasteiger partial charge in [-0.1, -0.05) is 0 Å². The van der Waals surface area contributed by atoms with Crippen LogP contribution in [0.5, 0.6) is 5.75 Å². The van der Waals surface area contributed by atoms with E-state index in [9.17, 15) is 10.1 Å². The molecule has 1 heterocycles. The maximum Gasteiger partial charge on any atom is 0.272 e. The first-order chi connectivity index (χ1) is 9.41. The van der Waals surface area contributed by atoms with Crippen LogP contribution >= 0.6 is 0 Å². The number of benzene rings is 1. The second-order valence-electron chi connectivity index (χ2n) is 4.33. The van der Waals surface area contributed by atoms with E-state index in [0.29, 0.717) is 5.56 Å². The van der Waals surface area contributed by atoms with Crippen LogP contribution in [0.15, 0.2) is 42.7 Å². The van der Waals surface area contributed by atoms with Crippen molar-refractivity contribution in [1.29, 1.82) is 0 Å². The van der Waals surface area contributed by atoms with Crippen molar-refractivity contribution in [2.75, 3.05) is 19.0 Å². The Hall–Kier alpha value is -2.63. The molecule has 0 saturated heterocycles. The number of aryl methyl sites for hydroxylation is 1. The van der Waals surface area contributed by atoms with Crippen LogP contribution in [0.1, 0.15) is 5.56 Å². The van der Waals surface area contributed by atoms with Crippen LogP contribution in [-0.4, -0.2) is 29.1 Å². The zero-order chi connectivity index (χ0) is 15.1. The van der Waals surface area contributed by atoms with Gasteiger partial charge in [0.2, 0.25) is 0 Å². The monoisotopic (exact) mass is 275 g/mol. The first kappa shape index (κ1) is 15.4. The summed E-state index contributed by atoms with van der Waals surface area (Å²) in [7, 11) is 4.02. The molecule has 6 nitrogen and oxygen atoms in total. The van der Waals surface area contributed by atoms with E-state index in [1.165, 1.54) is 23.9 Å². The number of phenolic OH excluding ortho intramolecular Hbond substituents is 1. The number of hydrogen-bond acceptors (Lipinski definition) is 5. The van der Waals surface area contributed by atoms with Crippen LogP contribution in [0.3, 0.4) is 0 Å². The summed E-state index contributed by atoms with van der Waals surface area (Å²) in [5.41, 5.74) is 1.68. The highest BCUT2D eigenvalue weighted by molar-refractivity contribution is 5.43. The molecule has 2 aromatic rings. The third kappa shape index (κ3) is 4.56. The molecular formula is C14H17N3O3. The lowest BCUT2D eigenvalue weighted by Gasteiger charge is -2.10. The zero-order valence-electron chi connectivity index (χ0n) is 11.6. The van der Waals surface area contributed by atoms with E-state index in [2.05, 4.69) is 4.98 Å². The van der Waals surface area contributed by atoms with Gasteiger partial charge in [-0.05, 0) is 31.2 Å². The number of aromatic hydroxyl groups is 1. The van der Waals surface area contributed by atoms with E-state index < -0.39 is 4.92 Å². The summed E-state index contributed by atoms with van der Waals surface area (Å²) in [4.78, 5) is 15.7. The number of phenols is 1. The van der Waals surface area contributed by atoms with Gasteiger partial charge in [0.05, 0.1) is 4.92 Å². The number of rotatable bonds is 2. The third-order valence-electron chi connectivity index (χ3n) is 2.56. The van der Waals surface area contributed by atoms with Gasteiger partial charge in [0.1, 0.15) is 5.75 Å². The normalized spacial score (nSPS) is 9.35. The van der Waals surface area contributed by atoms with Crippen LogP contribution < -0.4 is 4.90 Å². The molecule has 0 fully saturated rings. The first-order valence-electron chi connectivity index (χ1n) is 5.93. The summed E-state index contributed by atoms with van der Waals surface area (Å²) in [6, 6.07) is 7.88. The van der Waals surface area contributed by atoms with Crippen LogP contribution in [-0.2, 0) is 0 Å². The van der Waals surface area contributed by atoms with Gasteiger partial charge >= 0.3 is 0 Å². The molecule has 0 saturated carbocycles. The van der Waals surface area contributed by atoms with Crippen molar-refractivity contribution in [3.8, 4) is 5.75 Å². The molecule has 1 N–H and O–H groups in total. The SMILES string of the molecule is CN(C)c1ccncc1.Cc1cc(O)ccc1[N+](=O)[O-]. The Kier molecular flexibility index (Phi) is 5.46. The van der Waals surface area contributed by atoms with Gasteiger partial charge in [0, 0.05) is 43.8 Å². The fourth-order valence-electron chi connectivity index (χ4n) is 1.49. The Morgan fingerprint density at radius 3 is 2.20 bits per heavy atom. The van der Waals surface area contributed by atoms with E-state index in [-0.39, 0.29) is 11.4 Å². The van der Waals surface area contributed by atoms with E-state index >= 15 is 0 Å². The molecule has 20 heavy (non-hydrogen) atoms. The second-order valence-corrected chi connectivity index (χ2v) is 4.33. The number of nitro benzene ring substituents is 1. The predicted molar refractivity (Wildman–Crippen MR) is 78.1 cm³/mol. The van der Waals surface area contributed by atoms with Crippen molar-refractivity contribution in [1.82, 2.24) is 4.98 Å². The molecule has 0 radical (unpaired) electrons. The number of nitrogens with zero attached hydrogens (tertiary/aromatic N) is 3. The molecule has 0 bridgehead atoms. The Bertz CT molecular complexity index is 571. The molecule has 0 spiro atoms. The molecule has 0 atom stereocenters. The lowest BCUT2D eigenvalue weighted by atomic mass is 10.2. The van der Waals surface area contributed by atoms with Gasteiger partial charge in [-0.3, -0.25) is 15.1 Å². The smallest absolute Gasteiger partial charge is 0.272 e. The third-order valence-corrected chi connectivity index (χ3v) is 2.56. The van der Waals surface area contributed by atoms with Crippen molar-refractivity contribution < 1.29 is 10.0 Å². The van der Waals surface area contributed by atoms with E-state index in [1.54, 1.807) is 19.3 Å². The average Bonchev–Trinajstić information content (AvgIpc) is 2.40. The topological polar surface area (TPSA) is 79.5 Å². The molecular weight excluding hydrogens is 258 g/mol. The standard InChI is InChI=1S/C7H10N2.C7H7NO3/c1-9(2)7-3-5-8-6-4-7;1-5-4-6(9)2-3-7(5)8(10)11/h3-6H,1-2H3;2-4,9H,1H3. The first-order valence-corrected chi connectivity index (χ1v) is 5.93. The van der Waals surface area contributed by atoms with Crippen molar-refractivity contribution in [3.63, 3.8) is 0 Å². The molecule has 6 heteroatoms. The number of aromatic nitrogens is 1. The summed E-state index contributed by atoms with van der Waals surface area (Å²) in [5.74, 6) is 0.0492. The maximum atomic E-state index is 10.3. The van der Waals surface area contributed by atoms with Crippen LogP contribution in [0.4, 0.5) is 11.4 Å². The lowest BCUT2D eigenvalue weighted by Crippen LogP contribution is -2.07. The minimum absolute atomic E-state index is 0.0304. The van der Waals surface area contributed by atoms with Crippen molar-refractivity contribution in [3.05, 3.63) is 58.4 Å².